The van der Waals surface area contributed by atoms with E-state index < -0.39 is 0 Å². The summed E-state index contributed by atoms with van der Waals surface area (Å²) in [6.45, 7) is 4.08. The summed E-state index contributed by atoms with van der Waals surface area (Å²) >= 11 is 5.20. The Kier molecular flexibility index (Phi) is 2.50. The van der Waals surface area contributed by atoms with Crippen molar-refractivity contribution >= 4 is 27.3 Å². The fraction of sp³-hybridized carbons (Fsp3) is 0.429. The van der Waals surface area contributed by atoms with Gasteiger partial charge in [0.2, 0.25) is 0 Å². The summed E-state index contributed by atoms with van der Waals surface area (Å²) in [6, 6.07) is 2.25. The number of hydrogen-bond acceptors (Lipinski definition) is 2. The number of nitrogens with two attached hydrogens (primary N) is 1. The summed E-state index contributed by atoms with van der Waals surface area (Å²) in [5, 5.41) is 0. The van der Waals surface area contributed by atoms with Gasteiger partial charge in [0.05, 0.1) is 0 Å². The van der Waals surface area contributed by atoms with Crippen LogP contribution in [-0.4, -0.2) is 0 Å². The molecule has 0 saturated heterocycles. The van der Waals surface area contributed by atoms with E-state index in [2.05, 4.69) is 28.9 Å². The maximum atomic E-state index is 5.71. The molecule has 0 unspecified atom stereocenters. The van der Waals surface area contributed by atoms with E-state index in [1.807, 2.05) is 6.92 Å². The van der Waals surface area contributed by atoms with E-state index in [0.717, 1.165) is 4.47 Å². The molecule has 1 aromatic heterocycles. The van der Waals surface area contributed by atoms with Crippen molar-refractivity contribution in [2.75, 3.05) is 0 Å². The van der Waals surface area contributed by atoms with Crippen LogP contribution in [0.4, 0.5) is 0 Å². The van der Waals surface area contributed by atoms with Crippen LogP contribution < -0.4 is 5.73 Å². The highest BCUT2D eigenvalue weighted by atomic mass is 79.9. The fourth-order valence-corrected chi connectivity index (χ4v) is 2.78. The lowest BCUT2D eigenvalue weighted by Crippen LogP contribution is -2.02. The molecule has 1 heterocycles. The molecular weight excluding hydrogens is 210 g/mol. The summed E-state index contributed by atoms with van der Waals surface area (Å²) in [6.07, 6.45) is 0. The van der Waals surface area contributed by atoms with Gasteiger partial charge in [-0.1, -0.05) is 0 Å². The fourth-order valence-electron chi connectivity index (χ4n) is 0.812. The summed E-state index contributed by atoms with van der Waals surface area (Å²) in [5.41, 5.74) is 5.71. The quantitative estimate of drug-likeness (QED) is 0.773. The van der Waals surface area contributed by atoms with Gasteiger partial charge >= 0.3 is 0 Å². The zero-order chi connectivity index (χ0) is 7.72. The molecule has 0 spiro atoms. The zero-order valence-corrected chi connectivity index (χ0v) is 8.42. The SMILES string of the molecule is Cc1cc(Br)c([C@@H](C)N)s1. The van der Waals surface area contributed by atoms with Crippen molar-refractivity contribution in [2.45, 2.75) is 19.9 Å². The third-order valence-corrected chi connectivity index (χ3v) is 3.42. The molecule has 0 aliphatic heterocycles. The molecule has 10 heavy (non-hydrogen) atoms. The second-order valence-corrected chi connectivity index (χ2v) is 4.50. The van der Waals surface area contributed by atoms with E-state index in [1.165, 1.54) is 9.75 Å². The first-order valence-electron chi connectivity index (χ1n) is 3.12. The molecule has 0 fully saturated rings. The molecule has 0 bridgehead atoms. The number of halogens is 1. The largest absolute Gasteiger partial charge is 0.323 e. The molecular formula is C7H10BrNS. The molecule has 3 heteroatoms. The Labute approximate surface area is 73.4 Å². The summed E-state index contributed by atoms with van der Waals surface area (Å²) in [4.78, 5) is 2.54. The zero-order valence-electron chi connectivity index (χ0n) is 6.02. The van der Waals surface area contributed by atoms with Crippen molar-refractivity contribution < 1.29 is 0 Å². The molecule has 0 radical (unpaired) electrons. The van der Waals surface area contributed by atoms with Crippen LogP contribution >= 0.6 is 27.3 Å². The molecule has 2 N–H and O–H groups in total. The van der Waals surface area contributed by atoms with E-state index in [0.29, 0.717) is 0 Å². The van der Waals surface area contributed by atoms with Crippen LogP contribution in [-0.2, 0) is 0 Å². The summed E-state index contributed by atoms with van der Waals surface area (Å²) in [5.74, 6) is 0. The molecule has 0 amide bonds. The van der Waals surface area contributed by atoms with E-state index in [9.17, 15) is 0 Å². The highest BCUT2D eigenvalue weighted by molar-refractivity contribution is 9.10. The lowest BCUT2D eigenvalue weighted by molar-refractivity contribution is 0.834. The van der Waals surface area contributed by atoms with Gasteiger partial charge in [-0.15, -0.1) is 11.3 Å². The van der Waals surface area contributed by atoms with Gasteiger partial charge in [-0.2, -0.15) is 0 Å². The van der Waals surface area contributed by atoms with Crippen molar-refractivity contribution in [3.8, 4) is 0 Å². The smallest absolute Gasteiger partial charge is 0.0372 e. The number of aryl methyl sites for hydroxylation is 1. The van der Waals surface area contributed by atoms with Gasteiger partial charge in [-0.3, -0.25) is 0 Å². The van der Waals surface area contributed by atoms with Crippen molar-refractivity contribution in [2.24, 2.45) is 5.73 Å². The average molecular weight is 220 g/mol. The van der Waals surface area contributed by atoms with Crippen LogP contribution in [0.1, 0.15) is 22.7 Å². The minimum atomic E-state index is 0.146. The van der Waals surface area contributed by atoms with Crippen LogP contribution in [0.5, 0.6) is 0 Å². The van der Waals surface area contributed by atoms with Crippen LogP contribution in [0.25, 0.3) is 0 Å². The van der Waals surface area contributed by atoms with Crippen LogP contribution in [0.3, 0.4) is 0 Å². The van der Waals surface area contributed by atoms with Crippen LogP contribution in [0.2, 0.25) is 0 Å². The monoisotopic (exact) mass is 219 g/mol. The molecule has 0 aliphatic carbocycles. The van der Waals surface area contributed by atoms with Crippen molar-refractivity contribution in [1.82, 2.24) is 0 Å². The van der Waals surface area contributed by atoms with Gasteiger partial charge in [0.25, 0.3) is 0 Å². The van der Waals surface area contributed by atoms with Crippen molar-refractivity contribution in [3.63, 3.8) is 0 Å². The first kappa shape index (κ1) is 8.24. The third-order valence-electron chi connectivity index (χ3n) is 1.25. The van der Waals surface area contributed by atoms with E-state index in [-0.39, 0.29) is 6.04 Å². The standard InChI is InChI=1S/C7H10BrNS/c1-4-3-6(8)7(10-4)5(2)9/h3,5H,9H2,1-2H3/t5-/m1/s1. The normalized spacial score (nSPS) is 13.6. The Morgan fingerprint density at radius 3 is 2.50 bits per heavy atom. The molecule has 0 saturated carbocycles. The first-order valence-corrected chi connectivity index (χ1v) is 4.73. The van der Waals surface area contributed by atoms with Crippen LogP contribution in [0.15, 0.2) is 10.5 Å². The Bertz CT molecular complexity index is 230. The highest BCUT2D eigenvalue weighted by Gasteiger charge is 2.07. The number of thiophene rings is 1. The second kappa shape index (κ2) is 3.03. The Balaban J connectivity index is 3.03. The Morgan fingerprint density at radius 1 is 1.70 bits per heavy atom. The Hall–Kier alpha value is 0.140. The summed E-state index contributed by atoms with van der Waals surface area (Å²) < 4.78 is 1.14. The number of rotatable bonds is 1. The summed E-state index contributed by atoms with van der Waals surface area (Å²) in [7, 11) is 0. The van der Waals surface area contributed by atoms with Crippen molar-refractivity contribution in [1.29, 1.82) is 0 Å². The van der Waals surface area contributed by atoms with Crippen LogP contribution in [0, 0.1) is 6.92 Å². The van der Waals surface area contributed by atoms with Gasteiger partial charge in [0, 0.05) is 20.3 Å². The predicted octanol–water partition coefficient (Wildman–Crippen LogP) is 2.84. The molecule has 56 valence electrons. The third kappa shape index (κ3) is 1.59. The second-order valence-electron chi connectivity index (χ2n) is 2.36. The van der Waals surface area contributed by atoms with E-state index >= 15 is 0 Å². The topological polar surface area (TPSA) is 26.0 Å². The molecule has 1 rings (SSSR count). The molecule has 0 aliphatic rings. The predicted molar refractivity (Wildman–Crippen MR) is 49.4 cm³/mol. The van der Waals surface area contributed by atoms with Gasteiger partial charge < -0.3 is 5.73 Å². The lowest BCUT2D eigenvalue weighted by atomic mass is 10.3. The number of hydrogen-bond donors (Lipinski definition) is 1. The van der Waals surface area contributed by atoms with Gasteiger partial charge in [-0.25, -0.2) is 0 Å². The Morgan fingerprint density at radius 2 is 2.30 bits per heavy atom. The minimum Gasteiger partial charge on any atom is -0.323 e. The minimum absolute atomic E-state index is 0.146. The molecule has 1 atom stereocenters. The maximum Gasteiger partial charge on any atom is 0.0372 e. The van der Waals surface area contributed by atoms with Gasteiger partial charge in [0.1, 0.15) is 0 Å². The molecule has 0 aromatic carbocycles. The van der Waals surface area contributed by atoms with E-state index in [1.54, 1.807) is 11.3 Å². The van der Waals surface area contributed by atoms with Gasteiger partial charge in [-0.05, 0) is 35.8 Å². The van der Waals surface area contributed by atoms with Crippen molar-refractivity contribution in [3.05, 3.63) is 20.3 Å². The maximum absolute atomic E-state index is 5.71. The van der Waals surface area contributed by atoms with Gasteiger partial charge in [0.15, 0.2) is 0 Å². The lowest BCUT2D eigenvalue weighted by Gasteiger charge is -2.00. The molecule has 1 aromatic rings. The highest BCUT2D eigenvalue weighted by Crippen LogP contribution is 2.30. The van der Waals surface area contributed by atoms with E-state index in [4.69, 9.17) is 5.73 Å². The first-order chi connectivity index (χ1) is 4.61. The average Bonchev–Trinajstić information content (AvgIpc) is 2.10. The molecule has 1 nitrogen and oxygen atoms in total.